The van der Waals surface area contributed by atoms with Crippen molar-refractivity contribution in [1.82, 2.24) is 9.13 Å². The van der Waals surface area contributed by atoms with E-state index in [-0.39, 0.29) is 18.0 Å². The molecule has 0 bridgehead atoms. The molecule has 0 saturated heterocycles. The van der Waals surface area contributed by atoms with Crippen molar-refractivity contribution in [3.8, 4) is 0 Å². The second-order valence-electron chi connectivity index (χ2n) is 3.34. The van der Waals surface area contributed by atoms with Crippen LogP contribution in [0.2, 0.25) is 0 Å². The summed E-state index contributed by atoms with van der Waals surface area (Å²) in [4.78, 5) is 24.0. The predicted molar refractivity (Wildman–Crippen MR) is 66.0 cm³/mol. The van der Waals surface area contributed by atoms with Crippen LogP contribution in [-0.2, 0) is 13.6 Å². The van der Waals surface area contributed by atoms with Gasteiger partial charge in [0.2, 0.25) is 0 Å². The molecule has 0 aliphatic heterocycles. The van der Waals surface area contributed by atoms with Crippen molar-refractivity contribution in [1.29, 1.82) is 0 Å². The molecule has 0 fully saturated rings. The van der Waals surface area contributed by atoms with E-state index in [4.69, 9.17) is 0 Å². The Morgan fingerprint density at radius 2 is 2.25 bits per heavy atom. The maximum absolute atomic E-state index is 11.9. The third-order valence-corrected chi connectivity index (χ3v) is 4.08. The largest absolute Gasteiger partial charge is 0.328 e. The summed E-state index contributed by atoms with van der Waals surface area (Å²) < 4.78 is 3.62. The highest BCUT2D eigenvalue weighted by Crippen LogP contribution is 2.23. The van der Waals surface area contributed by atoms with Gasteiger partial charge in [0.1, 0.15) is 0 Å². The van der Waals surface area contributed by atoms with E-state index in [2.05, 4.69) is 15.9 Å². The van der Waals surface area contributed by atoms with Gasteiger partial charge in [0.25, 0.3) is 0 Å². The number of thiophene rings is 1. The fourth-order valence-corrected chi connectivity index (χ4v) is 2.88. The summed E-state index contributed by atoms with van der Waals surface area (Å²) in [6.45, 7) is 0.0821. The average Bonchev–Trinajstić information content (AvgIpc) is 2.79. The Kier molecular flexibility index (Phi) is 3.11. The van der Waals surface area contributed by atoms with E-state index < -0.39 is 0 Å². The van der Waals surface area contributed by atoms with Crippen molar-refractivity contribution in [3.05, 3.63) is 43.7 Å². The first kappa shape index (κ1) is 11.3. The first-order chi connectivity index (χ1) is 7.59. The minimum Gasteiger partial charge on any atom is -0.302 e. The van der Waals surface area contributed by atoms with Gasteiger partial charge in [-0.15, -0.1) is 11.3 Å². The Morgan fingerprint density at radius 1 is 1.50 bits per heavy atom. The van der Waals surface area contributed by atoms with Crippen LogP contribution in [0.1, 0.15) is 9.67 Å². The molecular formula is C10H9BrN2O2S. The average molecular weight is 301 g/mol. The number of carbonyl (C=O) groups is 1. The molecule has 0 spiro atoms. The van der Waals surface area contributed by atoms with Gasteiger partial charge in [0.15, 0.2) is 5.78 Å². The van der Waals surface area contributed by atoms with Gasteiger partial charge in [0, 0.05) is 23.9 Å². The molecule has 0 aliphatic rings. The number of halogens is 1. The molecule has 0 atom stereocenters. The van der Waals surface area contributed by atoms with Gasteiger partial charge in [-0.2, -0.15) is 0 Å². The minimum atomic E-state index is -0.180. The zero-order valence-corrected chi connectivity index (χ0v) is 10.9. The zero-order chi connectivity index (χ0) is 11.7. The first-order valence-electron chi connectivity index (χ1n) is 4.57. The fraction of sp³-hybridized carbons (Fsp3) is 0.200. The van der Waals surface area contributed by atoms with E-state index in [9.17, 15) is 9.59 Å². The maximum Gasteiger partial charge on any atom is 0.328 e. The maximum atomic E-state index is 11.9. The molecule has 0 radical (unpaired) electrons. The summed E-state index contributed by atoms with van der Waals surface area (Å²) in [6.07, 6.45) is 3.25. The van der Waals surface area contributed by atoms with Crippen LogP contribution in [-0.4, -0.2) is 14.9 Å². The van der Waals surface area contributed by atoms with Crippen LogP contribution in [0, 0.1) is 0 Å². The number of carbonyl (C=O) groups excluding carboxylic acids is 1. The quantitative estimate of drug-likeness (QED) is 0.813. The molecule has 2 heterocycles. The number of hydrogen-bond donors (Lipinski definition) is 0. The molecule has 16 heavy (non-hydrogen) atoms. The van der Waals surface area contributed by atoms with Crippen LogP contribution in [0.25, 0.3) is 0 Å². The van der Waals surface area contributed by atoms with E-state index >= 15 is 0 Å². The molecule has 84 valence electrons. The molecule has 0 aromatic carbocycles. The Balaban J connectivity index is 2.24. The number of aromatic nitrogens is 2. The molecule has 4 nitrogen and oxygen atoms in total. The summed E-state index contributed by atoms with van der Waals surface area (Å²) in [7, 11) is 1.66. The highest BCUT2D eigenvalue weighted by atomic mass is 79.9. The van der Waals surface area contributed by atoms with Gasteiger partial charge in [-0.25, -0.2) is 4.79 Å². The molecule has 0 aliphatic carbocycles. The van der Waals surface area contributed by atoms with E-state index in [1.807, 2.05) is 11.4 Å². The Bertz CT molecular complexity index is 582. The Hall–Kier alpha value is -1.14. The van der Waals surface area contributed by atoms with E-state index in [1.165, 1.54) is 20.5 Å². The van der Waals surface area contributed by atoms with Crippen molar-refractivity contribution in [3.63, 3.8) is 0 Å². The van der Waals surface area contributed by atoms with Crippen LogP contribution >= 0.6 is 27.3 Å². The molecule has 0 saturated carbocycles. The van der Waals surface area contributed by atoms with Crippen molar-refractivity contribution in [2.75, 3.05) is 0 Å². The standard InChI is InChI=1S/C10H9BrN2O2S/c1-12-3-4-13(10(12)15)6-8(14)9-7(11)2-5-16-9/h2-5H,6H2,1H3. The highest BCUT2D eigenvalue weighted by Gasteiger charge is 2.13. The van der Waals surface area contributed by atoms with Gasteiger partial charge < -0.3 is 4.57 Å². The van der Waals surface area contributed by atoms with Gasteiger partial charge in [-0.05, 0) is 27.4 Å². The summed E-state index contributed by atoms with van der Waals surface area (Å²) in [6, 6.07) is 1.83. The molecule has 6 heteroatoms. The molecule has 2 rings (SSSR count). The van der Waals surface area contributed by atoms with E-state index in [1.54, 1.807) is 19.4 Å². The third kappa shape index (κ3) is 2.03. The van der Waals surface area contributed by atoms with Gasteiger partial charge >= 0.3 is 5.69 Å². The van der Waals surface area contributed by atoms with Crippen molar-refractivity contribution >= 4 is 33.0 Å². The lowest BCUT2D eigenvalue weighted by Crippen LogP contribution is -2.25. The molecule has 2 aromatic heterocycles. The van der Waals surface area contributed by atoms with E-state index in [0.717, 1.165) is 4.47 Å². The highest BCUT2D eigenvalue weighted by molar-refractivity contribution is 9.10. The topological polar surface area (TPSA) is 44.0 Å². The van der Waals surface area contributed by atoms with Gasteiger partial charge in [-0.1, -0.05) is 0 Å². The van der Waals surface area contributed by atoms with Crippen molar-refractivity contribution in [2.45, 2.75) is 6.54 Å². The number of imidazole rings is 1. The molecule has 0 amide bonds. The first-order valence-corrected chi connectivity index (χ1v) is 6.25. The SMILES string of the molecule is Cn1ccn(CC(=O)c2sccc2Br)c1=O. The van der Waals surface area contributed by atoms with Crippen LogP contribution in [0.4, 0.5) is 0 Å². The minimum absolute atomic E-state index is 0.0600. The lowest BCUT2D eigenvalue weighted by atomic mass is 10.3. The fourth-order valence-electron chi connectivity index (χ4n) is 1.35. The summed E-state index contributed by atoms with van der Waals surface area (Å²) in [5.41, 5.74) is -0.180. The molecular weight excluding hydrogens is 292 g/mol. The molecule has 0 N–H and O–H groups in total. The monoisotopic (exact) mass is 300 g/mol. The summed E-state index contributed by atoms with van der Waals surface area (Å²) in [5, 5.41) is 1.84. The van der Waals surface area contributed by atoms with E-state index in [0.29, 0.717) is 4.88 Å². The van der Waals surface area contributed by atoms with Gasteiger partial charge in [-0.3, -0.25) is 9.36 Å². The van der Waals surface area contributed by atoms with Gasteiger partial charge in [0.05, 0.1) is 11.4 Å². The smallest absolute Gasteiger partial charge is 0.302 e. The van der Waals surface area contributed by atoms with Crippen LogP contribution < -0.4 is 5.69 Å². The van der Waals surface area contributed by atoms with Crippen molar-refractivity contribution in [2.24, 2.45) is 7.05 Å². The number of rotatable bonds is 3. The normalized spacial score (nSPS) is 10.6. The van der Waals surface area contributed by atoms with Crippen LogP contribution in [0.5, 0.6) is 0 Å². The number of ketones is 1. The summed E-state index contributed by atoms with van der Waals surface area (Å²) in [5.74, 6) is -0.0600. The summed E-state index contributed by atoms with van der Waals surface area (Å²) >= 11 is 4.67. The number of hydrogen-bond acceptors (Lipinski definition) is 3. The number of aryl methyl sites for hydroxylation is 1. The Labute approximate surface area is 104 Å². The zero-order valence-electron chi connectivity index (χ0n) is 8.51. The Morgan fingerprint density at radius 3 is 2.75 bits per heavy atom. The molecule has 0 unspecified atom stereocenters. The predicted octanol–water partition coefficient (Wildman–Crippen LogP) is 1.89. The lowest BCUT2D eigenvalue weighted by molar-refractivity contribution is 0.0974. The lowest BCUT2D eigenvalue weighted by Gasteiger charge is -1.99. The number of nitrogens with zero attached hydrogens (tertiary/aromatic N) is 2. The van der Waals surface area contributed by atoms with Crippen molar-refractivity contribution < 1.29 is 4.79 Å². The molecule has 2 aromatic rings. The third-order valence-electron chi connectivity index (χ3n) is 2.20. The van der Waals surface area contributed by atoms with Crippen LogP contribution in [0.15, 0.2) is 33.1 Å². The number of Topliss-reactive ketones (excluding diaryl/α,β-unsaturated/α-hetero) is 1. The second kappa shape index (κ2) is 4.39. The van der Waals surface area contributed by atoms with Crippen LogP contribution in [0.3, 0.4) is 0 Å². The second-order valence-corrected chi connectivity index (χ2v) is 5.11.